The Morgan fingerprint density at radius 2 is 1.68 bits per heavy atom. The molecule has 0 bridgehead atoms. The highest BCUT2D eigenvalue weighted by Gasteiger charge is 2.24. The van der Waals surface area contributed by atoms with Crippen LogP contribution in [0.25, 0.3) is 10.9 Å². The minimum Gasteiger partial charge on any atom is -0.435 e. The number of nitrogens with zero attached hydrogens (tertiary/aromatic N) is 2. The van der Waals surface area contributed by atoms with Crippen molar-refractivity contribution in [3.8, 4) is 5.75 Å². The van der Waals surface area contributed by atoms with Crippen molar-refractivity contribution in [3.63, 3.8) is 0 Å². The molecule has 1 N–H and O–H groups in total. The van der Waals surface area contributed by atoms with Gasteiger partial charge in [0.05, 0.1) is 17.0 Å². The van der Waals surface area contributed by atoms with Gasteiger partial charge in [0.25, 0.3) is 15.9 Å². The Bertz CT molecular complexity index is 1450. The molecule has 0 spiro atoms. The van der Waals surface area contributed by atoms with Gasteiger partial charge in [0, 0.05) is 5.39 Å². The fraction of sp³-hybridized carbons (Fsp3) is 0.167. The molecule has 4 aromatic rings. The largest absolute Gasteiger partial charge is 0.435 e. The van der Waals surface area contributed by atoms with E-state index in [-0.39, 0.29) is 22.9 Å². The number of para-hydroxylation sites is 1. The minimum absolute atomic E-state index is 0.00630. The molecule has 3 aromatic carbocycles. The molecular formula is C24H21F2N3O4S. The third-order valence-corrected chi connectivity index (χ3v) is 6.40. The fourth-order valence-electron chi connectivity index (χ4n) is 3.68. The number of aromatic nitrogens is 2. The Kier molecular flexibility index (Phi) is 6.34. The third kappa shape index (κ3) is 5.07. The molecule has 1 aromatic heterocycles. The van der Waals surface area contributed by atoms with E-state index in [1.165, 1.54) is 24.3 Å². The molecule has 4 rings (SSSR count). The normalized spacial score (nSPS) is 11.7. The Morgan fingerprint density at radius 3 is 2.32 bits per heavy atom. The lowest BCUT2D eigenvalue weighted by atomic mass is 10.2. The van der Waals surface area contributed by atoms with E-state index in [9.17, 15) is 22.0 Å². The summed E-state index contributed by atoms with van der Waals surface area (Å²) < 4.78 is 58.4. The topological polar surface area (TPSA) is 90.3 Å². The smallest absolute Gasteiger partial charge is 0.387 e. The highest BCUT2D eigenvalue weighted by molar-refractivity contribution is 7.90. The quantitative estimate of drug-likeness (QED) is 0.419. The van der Waals surface area contributed by atoms with Crippen LogP contribution >= 0.6 is 0 Å². The molecule has 176 valence electrons. The van der Waals surface area contributed by atoms with Crippen molar-refractivity contribution in [2.24, 2.45) is 0 Å². The van der Waals surface area contributed by atoms with Crippen LogP contribution in [0.2, 0.25) is 0 Å². The molecule has 0 atom stereocenters. The maximum Gasteiger partial charge on any atom is 0.387 e. The predicted molar refractivity (Wildman–Crippen MR) is 122 cm³/mol. The molecule has 0 radical (unpaired) electrons. The number of carbonyl (C=O) groups excluding carboxylic acids is 1. The number of benzene rings is 3. The number of fused-ring (bicyclic) bond motifs is 1. The van der Waals surface area contributed by atoms with Gasteiger partial charge in [-0.05, 0) is 60.9 Å². The van der Waals surface area contributed by atoms with Crippen molar-refractivity contribution in [2.45, 2.75) is 31.9 Å². The van der Waals surface area contributed by atoms with Gasteiger partial charge in [-0.25, -0.2) is 13.1 Å². The van der Waals surface area contributed by atoms with E-state index in [1.807, 2.05) is 6.07 Å². The lowest BCUT2D eigenvalue weighted by Gasteiger charge is -2.08. The number of nitrogens with one attached hydrogen (secondary N) is 1. The Balaban J connectivity index is 1.63. The van der Waals surface area contributed by atoms with E-state index in [2.05, 4.69) is 14.6 Å². The number of ether oxygens (including phenoxy) is 1. The fourth-order valence-corrected chi connectivity index (χ4v) is 4.82. The molecular weight excluding hydrogens is 464 g/mol. The van der Waals surface area contributed by atoms with Gasteiger partial charge in [-0.15, -0.1) is 0 Å². The van der Waals surface area contributed by atoms with Gasteiger partial charge >= 0.3 is 6.61 Å². The number of aryl methyl sites for hydroxylation is 2. The molecule has 10 heteroatoms. The highest BCUT2D eigenvalue weighted by atomic mass is 32.2. The summed E-state index contributed by atoms with van der Waals surface area (Å²) >= 11 is 0. The van der Waals surface area contributed by atoms with Gasteiger partial charge in [0.2, 0.25) is 0 Å². The molecule has 34 heavy (non-hydrogen) atoms. The molecule has 0 saturated heterocycles. The van der Waals surface area contributed by atoms with Gasteiger partial charge in [0.15, 0.2) is 5.69 Å². The second kappa shape index (κ2) is 9.22. The number of sulfonamides is 1. The average Bonchev–Trinajstić information content (AvgIpc) is 3.12. The number of hydrogen-bond acceptors (Lipinski definition) is 5. The van der Waals surface area contributed by atoms with Gasteiger partial charge in [0.1, 0.15) is 5.75 Å². The van der Waals surface area contributed by atoms with E-state index < -0.39 is 22.5 Å². The van der Waals surface area contributed by atoms with Crippen molar-refractivity contribution < 1.29 is 26.7 Å². The zero-order chi connectivity index (χ0) is 24.5. The van der Waals surface area contributed by atoms with Crippen molar-refractivity contribution >= 4 is 26.8 Å². The SMILES string of the molecule is Cc1cc(C)cc(S(=O)(=O)NC(=O)c2nn(Cc3ccc(OC(F)F)cc3)c3ccccc23)c1. The highest BCUT2D eigenvalue weighted by Crippen LogP contribution is 2.22. The van der Waals surface area contributed by atoms with Gasteiger partial charge < -0.3 is 4.74 Å². The first-order chi connectivity index (χ1) is 16.1. The number of alkyl halides is 2. The predicted octanol–water partition coefficient (Wildman–Crippen LogP) is 4.42. The van der Waals surface area contributed by atoms with Crippen molar-refractivity contribution in [1.29, 1.82) is 0 Å². The second-order valence-corrected chi connectivity index (χ2v) is 9.49. The molecule has 0 fully saturated rings. The lowest BCUT2D eigenvalue weighted by Crippen LogP contribution is -2.31. The molecule has 0 unspecified atom stereocenters. The molecule has 1 heterocycles. The summed E-state index contributed by atoms with van der Waals surface area (Å²) in [6.07, 6.45) is 0. The Labute approximate surface area is 195 Å². The van der Waals surface area contributed by atoms with Crippen LogP contribution in [0.1, 0.15) is 27.2 Å². The summed E-state index contributed by atoms with van der Waals surface area (Å²) in [5.74, 6) is -0.824. The van der Waals surface area contributed by atoms with E-state index in [1.54, 1.807) is 54.9 Å². The van der Waals surface area contributed by atoms with E-state index in [0.717, 1.165) is 16.7 Å². The van der Waals surface area contributed by atoms with Crippen molar-refractivity contribution in [2.75, 3.05) is 0 Å². The number of hydrogen-bond donors (Lipinski definition) is 1. The van der Waals surface area contributed by atoms with Gasteiger partial charge in [-0.1, -0.05) is 36.4 Å². The number of rotatable bonds is 7. The standard InChI is InChI=1S/C24H21F2N3O4S/c1-15-11-16(2)13-19(12-15)34(31,32)28-23(30)22-20-5-3-4-6-21(20)29(27-22)14-17-7-9-18(10-8-17)33-24(25)26/h3-13,24H,14H2,1-2H3,(H,28,30). The van der Waals surface area contributed by atoms with E-state index in [4.69, 9.17) is 0 Å². The van der Waals surface area contributed by atoms with Gasteiger partial charge in [-0.3, -0.25) is 9.48 Å². The van der Waals surface area contributed by atoms with E-state index >= 15 is 0 Å². The van der Waals surface area contributed by atoms with Crippen LogP contribution in [0.3, 0.4) is 0 Å². The second-order valence-electron chi connectivity index (χ2n) is 7.80. The summed E-state index contributed by atoms with van der Waals surface area (Å²) in [6, 6.07) is 17.8. The lowest BCUT2D eigenvalue weighted by molar-refractivity contribution is -0.0498. The zero-order valence-corrected chi connectivity index (χ0v) is 19.1. The third-order valence-electron chi connectivity index (χ3n) is 5.09. The van der Waals surface area contributed by atoms with Crippen molar-refractivity contribution in [3.05, 3.63) is 89.1 Å². The summed E-state index contributed by atoms with van der Waals surface area (Å²) in [5.41, 5.74) is 2.82. The van der Waals surface area contributed by atoms with Gasteiger partial charge in [-0.2, -0.15) is 13.9 Å². The number of amides is 1. The zero-order valence-electron chi connectivity index (χ0n) is 18.3. The molecule has 0 saturated carbocycles. The van der Waals surface area contributed by atoms with Crippen LogP contribution in [0.5, 0.6) is 5.75 Å². The first-order valence-corrected chi connectivity index (χ1v) is 11.8. The summed E-state index contributed by atoms with van der Waals surface area (Å²) in [7, 11) is -4.11. The number of halogens is 2. The molecule has 7 nitrogen and oxygen atoms in total. The summed E-state index contributed by atoms with van der Waals surface area (Å²) in [4.78, 5) is 13.0. The first-order valence-electron chi connectivity index (χ1n) is 10.3. The van der Waals surface area contributed by atoms with Crippen LogP contribution in [-0.2, 0) is 16.6 Å². The van der Waals surface area contributed by atoms with Crippen LogP contribution in [0, 0.1) is 13.8 Å². The Morgan fingerprint density at radius 1 is 1.03 bits per heavy atom. The first kappa shape index (κ1) is 23.4. The molecule has 0 aliphatic carbocycles. The minimum atomic E-state index is -4.11. The number of carbonyl (C=O) groups is 1. The monoisotopic (exact) mass is 485 g/mol. The Hall–Kier alpha value is -3.79. The summed E-state index contributed by atoms with van der Waals surface area (Å²) in [6.45, 7) is 0.860. The maximum absolute atomic E-state index is 13.0. The molecule has 0 aliphatic heterocycles. The van der Waals surface area contributed by atoms with Crippen LogP contribution in [-0.4, -0.2) is 30.7 Å². The maximum atomic E-state index is 13.0. The van der Waals surface area contributed by atoms with Crippen LogP contribution < -0.4 is 9.46 Å². The molecule has 1 amide bonds. The van der Waals surface area contributed by atoms with Crippen molar-refractivity contribution in [1.82, 2.24) is 14.5 Å². The van der Waals surface area contributed by atoms with E-state index in [0.29, 0.717) is 10.9 Å². The molecule has 0 aliphatic rings. The van der Waals surface area contributed by atoms with Crippen LogP contribution in [0.4, 0.5) is 8.78 Å². The average molecular weight is 486 g/mol. The van der Waals surface area contributed by atoms with Crippen LogP contribution in [0.15, 0.2) is 71.6 Å². The summed E-state index contributed by atoms with van der Waals surface area (Å²) in [5, 5.41) is 4.84.